The van der Waals surface area contributed by atoms with Crippen molar-refractivity contribution in [3.8, 4) is 5.75 Å². The van der Waals surface area contributed by atoms with Crippen LogP contribution in [-0.4, -0.2) is 37.7 Å². The third-order valence-electron chi connectivity index (χ3n) is 6.76. The number of rotatable bonds is 5. The summed E-state index contributed by atoms with van der Waals surface area (Å²) in [6.07, 6.45) is 0.997. The van der Waals surface area contributed by atoms with Crippen molar-refractivity contribution in [2.75, 3.05) is 20.8 Å². The Morgan fingerprint density at radius 2 is 1.79 bits per heavy atom. The van der Waals surface area contributed by atoms with Crippen LogP contribution in [0.3, 0.4) is 0 Å². The maximum Gasteiger partial charge on any atom is 0.336 e. The smallest absolute Gasteiger partial charge is 0.336 e. The lowest BCUT2D eigenvalue weighted by molar-refractivity contribution is -0.136. The van der Waals surface area contributed by atoms with E-state index in [1.165, 1.54) is 29.4 Å². The van der Waals surface area contributed by atoms with Gasteiger partial charge >= 0.3 is 5.97 Å². The number of allylic oxidation sites excluding steroid dienone is 2. The molecule has 0 saturated heterocycles. The topological polar surface area (TPSA) is 84.9 Å². The molecule has 6 nitrogen and oxygen atoms in total. The summed E-state index contributed by atoms with van der Waals surface area (Å²) in [5.74, 6) is -1.08. The molecule has 2 aliphatic rings. The zero-order valence-electron chi connectivity index (χ0n) is 20.3. The van der Waals surface area contributed by atoms with E-state index in [1.807, 2.05) is 6.07 Å². The number of carbonyl (C=O) groups is 2. The van der Waals surface area contributed by atoms with Crippen molar-refractivity contribution in [3.63, 3.8) is 0 Å². The van der Waals surface area contributed by atoms with E-state index in [1.54, 1.807) is 25.3 Å². The lowest BCUT2D eigenvalue weighted by Crippen LogP contribution is -2.38. The van der Waals surface area contributed by atoms with E-state index in [4.69, 9.17) is 9.47 Å². The van der Waals surface area contributed by atoms with Gasteiger partial charge in [0.25, 0.3) is 0 Å². The summed E-state index contributed by atoms with van der Waals surface area (Å²) >= 11 is 0. The summed E-state index contributed by atoms with van der Waals surface area (Å²) < 4.78 is 10.5. The number of hydrogen-bond donors (Lipinski definition) is 2. The van der Waals surface area contributed by atoms with Crippen molar-refractivity contribution < 1.29 is 24.2 Å². The number of methoxy groups -OCH3 is 2. The minimum atomic E-state index is -0.644. The Bertz CT molecular complexity index is 1200. The number of ketones is 1. The van der Waals surface area contributed by atoms with Gasteiger partial charge in [-0.1, -0.05) is 29.8 Å². The molecule has 6 heteroatoms. The van der Waals surface area contributed by atoms with Crippen LogP contribution in [0.2, 0.25) is 0 Å². The molecule has 2 aromatic carbocycles. The Hall–Kier alpha value is -3.38. The van der Waals surface area contributed by atoms with Crippen molar-refractivity contribution in [2.45, 2.75) is 45.4 Å². The minimum Gasteiger partial charge on any atom is -0.508 e. The van der Waals surface area contributed by atoms with Gasteiger partial charge < -0.3 is 19.9 Å². The summed E-state index contributed by atoms with van der Waals surface area (Å²) in [6.45, 7) is 6.44. The number of ether oxygens (including phenoxy) is 2. The van der Waals surface area contributed by atoms with Crippen LogP contribution in [0, 0.1) is 20.8 Å². The predicted octanol–water partition coefficient (Wildman–Crippen LogP) is 4.48. The summed E-state index contributed by atoms with van der Waals surface area (Å²) in [7, 11) is 2.88. The Kier molecular flexibility index (Phi) is 6.62. The molecular formula is C28H31NO5. The standard InChI is InChI=1S/C28H31NO5/c1-15-9-16(2)24(17(3)10-15)19-12-21-26(23(31)13-19)25(18-7-6-8-20(30)11-18)27(28(32)34-5)22(29-21)14-33-4/h6-11,19,25,29-30H,12-14H2,1-5H3. The van der Waals surface area contributed by atoms with Crippen molar-refractivity contribution in [3.05, 3.63) is 86.8 Å². The molecule has 2 atom stereocenters. The van der Waals surface area contributed by atoms with Crippen LogP contribution in [0.5, 0.6) is 5.75 Å². The second-order valence-corrected chi connectivity index (χ2v) is 9.20. The van der Waals surface area contributed by atoms with Gasteiger partial charge in [0.2, 0.25) is 0 Å². The number of benzene rings is 2. The Morgan fingerprint density at radius 3 is 2.41 bits per heavy atom. The molecule has 0 amide bonds. The fourth-order valence-electron chi connectivity index (χ4n) is 5.64. The van der Waals surface area contributed by atoms with E-state index in [2.05, 4.69) is 38.2 Å². The second kappa shape index (κ2) is 9.47. The Morgan fingerprint density at radius 1 is 1.09 bits per heavy atom. The van der Waals surface area contributed by atoms with Gasteiger partial charge in [-0.15, -0.1) is 0 Å². The number of phenolic OH excluding ortho intramolecular Hbond substituents is 1. The number of Topliss-reactive ketones (excluding diaryl/α,β-unsaturated/α-hetero) is 1. The fraction of sp³-hybridized carbons (Fsp3) is 0.357. The van der Waals surface area contributed by atoms with Crippen LogP contribution >= 0.6 is 0 Å². The monoisotopic (exact) mass is 461 g/mol. The Balaban J connectivity index is 1.87. The van der Waals surface area contributed by atoms with E-state index >= 15 is 0 Å². The highest BCUT2D eigenvalue weighted by molar-refractivity contribution is 6.04. The quantitative estimate of drug-likeness (QED) is 0.639. The van der Waals surface area contributed by atoms with Crippen LogP contribution in [0.1, 0.15) is 52.5 Å². The number of carbonyl (C=O) groups excluding carboxylic acids is 2. The molecule has 1 heterocycles. The molecule has 0 aromatic heterocycles. The average Bonchev–Trinajstić information content (AvgIpc) is 2.77. The molecule has 0 spiro atoms. The second-order valence-electron chi connectivity index (χ2n) is 9.20. The molecule has 2 unspecified atom stereocenters. The third kappa shape index (κ3) is 4.26. The molecule has 2 aromatic rings. The maximum absolute atomic E-state index is 13.7. The number of phenols is 1. The molecule has 0 saturated carbocycles. The highest BCUT2D eigenvalue weighted by Gasteiger charge is 2.42. The fourth-order valence-corrected chi connectivity index (χ4v) is 5.64. The molecular weight excluding hydrogens is 430 g/mol. The first-order valence-corrected chi connectivity index (χ1v) is 11.4. The van der Waals surface area contributed by atoms with Gasteiger partial charge in [0.1, 0.15) is 5.75 Å². The third-order valence-corrected chi connectivity index (χ3v) is 6.76. The average molecular weight is 462 g/mol. The normalized spacial score (nSPS) is 20.2. The van der Waals surface area contributed by atoms with Crippen LogP contribution in [0.25, 0.3) is 0 Å². The molecule has 1 aliphatic carbocycles. The highest BCUT2D eigenvalue weighted by Crippen LogP contribution is 2.47. The van der Waals surface area contributed by atoms with Crippen LogP contribution < -0.4 is 5.32 Å². The largest absolute Gasteiger partial charge is 0.508 e. The molecule has 1 aliphatic heterocycles. The van der Waals surface area contributed by atoms with E-state index in [0.29, 0.717) is 35.2 Å². The molecule has 34 heavy (non-hydrogen) atoms. The minimum absolute atomic E-state index is 0.00987. The van der Waals surface area contributed by atoms with Crippen molar-refractivity contribution in [2.24, 2.45) is 0 Å². The lowest BCUT2D eigenvalue weighted by atomic mass is 9.70. The van der Waals surface area contributed by atoms with E-state index in [0.717, 1.165) is 5.70 Å². The number of aromatic hydroxyl groups is 1. The zero-order valence-corrected chi connectivity index (χ0v) is 20.3. The molecule has 0 bridgehead atoms. The summed E-state index contributed by atoms with van der Waals surface area (Å²) in [6, 6.07) is 11.0. The SMILES string of the molecule is COCC1=C(C(=O)OC)C(c2cccc(O)c2)C2=C(CC(c3c(C)cc(C)cc3C)CC2=O)N1. The van der Waals surface area contributed by atoms with Crippen molar-refractivity contribution >= 4 is 11.8 Å². The lowest BCUT2D eigenvalue weighted by Gasteiger charge is -2.37. The maximum atomic E-state index is 13.7. The zero-order chi connectivity index (χ0) is 24.6. The predicted molar refractivity (Wildman–Crippen MR) is 130 cm³/mol. The van der Waals surface area contributed by atoms with Gasteiger partial charge in [-0.3, -0.25) is 4.79 Å². The van der Waals surface area contributed by atoms with Crippen LogP contribution in [0.15, 0.2) is 58.9 Å². The summed E-state index contributed by atoms with van der Waals surface area (Å²) in [4.78, 5) is 26.7. The molecule has 0 fully saturated rings. The first kappa shape index (κ1) is 23.8. The first-order valence-electron chi connectivity index (χ1n) is 11.4. The van der Waals surface area contributed by atoms with E-state index < -0.39 is 11.9 Å². The van der Waals surface area contributed by atoms with Crippen molar-refractivity contribution in [1.82, 2.24) is 5.32 Å². The number of nitrogens with one attached hydrogen (secondary N) is 1. The first-order chi connectivity index (χ1) is 16.2. The summed E-state index contributed by atoms with van der Waals surface area (Å²) in [5.41, 5.74) is 7.71. The number of dihydropyridines is 1. The van der Waals surface area contributed by atoms with E-state index in [-0.39, 0.29) is 24.1 Å². The van der Waals surface area contributed by atoms with Gasteiger partial charge in [0.05, 0.1) is 25.0 Å². The van der Waals surface area contributed by atoms with Crippen molar-refractivity contribution in [1.29, 1.82) is 0 Å². The number of esters is 1. The van der Waals surface area contributed by atoms with Gasteiger partial charge in [0.15, 0.2) is 5.78 Å². The van der Waals surface area contributed by atoms with Gasteiger partial charge in [-0.2, -0.15) is 0 Å². The van der Waals surface area contributed by atoms with Gasteiger partial charge in [-0.05, 0) is 67.5 Å². The molecule has 2 N–H and O–H groups in total. The summed E-state index contributed by atoms with van der Waals surface area (Å²) in [5, 5.41) is 13.5. The number of hydrogen-bond acceptors (Lipinski definition) is 6. The molecule has 0 radical (unpaired) electrons. The van der Waals surface area contributed by atoms with Gasteiger partial charge in [-0.25, -0.2) is 4.79 Å². The highest BCUT2D eigenvalue weighted by atomic mass is 16.5. The van der Waals surface area contributed by atoms with E-state index in [9.17, 15) is 14.7 Å². The molecule has 178 valence electrons. The van der Waals surface area contributed by atoms with Gasteiger partial charge in [0, 0.05) is 30.7 Å². The Labute approximate surface area is 200 Å². The number of aryl methyl sites for hydroxylation is 3. The van der Waals surface area contributed by atoms with Crippen LogP contribution in [0.4, 0.5) is 0 Å². The molecule has 4 rings (SSSR count). The van der Waals surface area contributed by atoms with Crippen LogP contribution in [-0.2, 0) is 19.1 Å².